The van der Waals surface area contributed by atoms with Crippen LogP contribution in [0.15, 0.2) is 48.7 Å². The number of aromatic amines is 1. The Morgan fingerprint density at radius 1 is 1.14 bits per heavy atom. The van der Waals surface area contributed by atoms with Gasteiger partial charge < -0.3 is 15.5 Å². The van der Waals surface area contributed by atoms with Crippen molar-refractivity contribution < 1.29 is 9.13 Å². The van der Waals surface area contributed by atoms with Crippen LogP contribution in [-0.4, -0.2) is 11.5 Å². The van der Waals surface area contributed by atoms with Crippen LogP contribution < -0.4 is 10.5 Å². The topological polar surface area (TPSA) is 51.0 Å². The summed E-state index contributed by atoms with van der Waals surface area (Å²) < 4.78 is 19.5. The Kier molecular flexibility index (Phi) is 3.88. The predicted octanol–water partition coefficient (Wildman–Crippen LogP) is 3.39. The molecule has 0 aliphatic carbocycles. The molecule has 0 fully saturated rings. The fourth-order valence-electron chi connectivity index (χ4n) is 2.47. The minimum atomic E-state index is -0.313. The summed E-state index contributed by atoms with van der Waals surface area (Å²) in [5.74, 6) is 0.241. The molecule has 3 nitrogen and oxygen atoms in total. The lowest BCUT2D eigenvalue weighted by Crippen LogP contribution is -2.03. The summed E-state index contributed by atoms with van der Waals surface area (Å²) in [5.41, 5.74) is 8.46. The molecule has 3 aromatic rings. The summed E-state index contributed by atoms with van der Waals surface area (Å²) in [7, 11) is 0. The van der Waals surface area contributed by atoms with Crippen molar-refractivity contribution in [1.82, 2.24) is 4.98 Å². The van der Waals surface area contributed by atoms with E-state index < -0.39 is 0 Å². The second kappa shape index (κ2) is 5.97. The zero-order valence-electron chi connectivity index (χ0n) is 11.6. The Bertz CT molecular complexity index is 737. The Labute approximate surface area is 122 Å². The molecule has 1 aromatic heterocycles. The third-order valence-electron chi connectivity index (χ3n) is 3.44. The molecule has 0 saturated heterocycles. The third kappa shape index (κ3) is 2.90. The molecule has 3 rings (SSSR count). The molecule has 3 N–H and O–H groups in total. The first kappa shape index (κ1) is 13.6. The summed E-state index contributed by atoms with van der Waals surface area (Å²) in [6.07, 6.45) is 2.60. The fourth-order valence-corrected chi connectivity index (χ4v) is 2.47. The van der Waals surface area contributed by atoms with Gasteiger partial charge >= 0.3 is 0 Å². The van der Waals surface area contributed by atoms with Crippen LogP contribution in [0.3, 0.4) is 0 Å². The maximum atomic E-state index is 13.7. The van der Waals surface area contributed by atoms with Crippen LogP contribution >= 0.6 is 0 Å². The van der Waals surface area contributed by atoms with Crippen molar-refractivity contribution in [2.24, 2.45) is 5.73 Å². The maximum Gasteiger partial charge on any atom is 0.132 e. The second-order valence-electron chi connectivity index (χ2n) is 4.95. The molecule has 0 amide bonds. The fraction of sp³-hybridized carbons (Fsp3) is 0.176. The van der Waals surface area contributed by atoms with Gasteiger partial charge in [0.25, 0.3) is 0 Å². The Hall–Kier alpha value is -2.33. The van der Waals surface area contributed by atoms with Crippen molar-refractivity contribution >= 4 is 10.9 Å². The number of hydrogen-bond acceptors (Lipinski definition) is 2. The zero-order chi connectivity index (χ0) is 14.7. The summed E-state index contributed by atoms with van der Waals surface area (Å²) in [4.78, 5) is 3.08. The molecule has 0 atom stereocenters. The monoisotopic (exact) mass is 284 g/mol. The average Bonchev–Trinajstić information content (AvgIpc) is 2.89. The van der Waals surface area contributed by atoms with Crippen molar-refractivity contribution in [3.8, 4) is 5.75 Å². The van der Waals surface area contributed by atoms with Crippen LogP contribution in [-0.2, 0) is 13.0 Å². The lowest BCUT2D eigenvalue weighted by molar-refractivity contribution is 0.308. The number of ether oxygens (including phenoxy) is 1. The molecule has 0 saturated carbocycles. The van der Waals surface area contributed by atoms with Gasteiger partial charge in [-0.25, -0.2) is 4.39 Å². The first-order chi connectivity index (χ1) is 10.3. The Morgan fingerprint density at radius 3 is 2.71 bits per heavy atom. The summed E-state index contributed by atoms with van der Waals surface area (Å²) in [5, 5.41) is 0.915. The molecule has 2 aromatic carbocycles. The number of halogens is 1. The van der Waals surface area contributed by atoms with E-state index >= 15 is 0 Å². The summed E-state index contributed by atoms with van der Waals surface area (Å²) in [6.45, 7) is 0.953. The van der Waals surface area contributed by atoms with Gasteiger partial charge in [-0.1, -0.05) is 30.3 Å². The number of fused-ring (bicyclic) bond motifs is 1. The summed E-state index contributed by atoms with van der Waals surface area (Å²) in [6, 6.07) is 12.7. The molecule has 0 aliphatic heterocycles. The molecule has 1 heterocycles. The molecule has 4 heteroatoms. The van der Waals surface area contributed by atoms with E-state index in [0.717, 1.165) is 28.5 Å². The number of aromatic nitrogens is 1. The SMILES string of the molecule is NCCc1c[nH]c2cc(F)cc(OCc3ccccc3)c12. The molecule has 0 aliphatic rings. The maximum absolute atomic E-state index is 13.7. The van der Waals surface area contributed by atoms with E-state index in [0.29, 0.717) is 18.9 Å². The van der Waals surface area contributed by atoms with E-state index in [9.17, 15) is 4.39 Å². The van der Waals surface area contributed by atoms with Crippen LogP contribution in [0.4, 0.5) is 4.39 Å². The van der Waals surface area contributed by atoms with Gasteiger partial charge in [0.15, 0.2) is 0 Å². The van der Waals surface area contributed by atoms with Crippen LogP contribution in [0.5, 0.6) is 5.75 Å². The van der Waals surface area contributed by atoms with Gasteiger partial charge in [0.2, 0.25) is 0 Å². The average molecular weight is 284 g/mol. The van der Waals surface area contributed by atoms with E-state index in [1.807, 2.05) is 36.5 Å². The minimum absolute atomic E-state index is 0.313. The highest BCUT2D eigenvalue weighted by Crippen LogP contribution is 2.31. The highest BCUT2D eigenvalue weighted by Gasteiger charge is 2.12. The molecular formula is C17H17FN2O. The van der Waals surface area contributed by atoms with E-state index in [2.05, 4.69) is 4.98 Å². The Morgan fingerprint density at radius 2 is 1.95 bits per heavy atom. The van der Waals surface area contributed by atoms with E-state index in [-0.39, 0.29) is 5.82 Å². The van der Waals surface area contributed by atoms with Gasteiger partial charge in [0, 0.05) is 17.6 Å². The third-order valence-corrected chi connectivity index (χ3v) is 3.44. The van der Waals surface area contributed by atoms with Crippen molar-refractivity contribution in [1.29, 1.82) is 0 Å². The van der Waals surface area contributed by atoms with Gasteiger partial charge in [-0.05, 0) is 30.2 Å². The lowest BCUT2D eigenvalue weighted by Gasteiger charge is -2.09. The highest BCUT2D eigenvalue weighted by atomic mass is 19.1. The van der Waals surface area contributed by atoms with Crippen molar-refractivity contribution in [2.45, 2.75) is 13.0 Å². The summed E-state index contributed by atoms with van der Waals surface area (Å²) >= 11 is 0. The van der Waals surface area contributed by atoms with Gasteiger partial charge in [0.1, 0.15) is 18.2 Å². The zero-order valence-corrected chi connectivity index (χ0v) is 11.6. The molecule has 108 valence electrons. The van der Waals surface area contributed by atoms with E-state index in [1.54, 1.807) is 0 Å². The second-order valence-corrected chi connectivity index (χ2v) is 4.95. The lowest BCUT2D eigenvalue weighted by atomic mass is 10.1. The van der Waals surface area contributed by atoms with E-state index in [1.165, 1.54) is 12.1 Å². The highest BCUT2D eigenvalue weighted by molar-refractivity contribution is 5.89. The van der Waals surface area contributed by atoms with Gasteiger partial charge in [-0.3, -0.25) is 0 Å². The quantitative estimate of drug-likeness (QED) is 0.754. The molecule has 0 radical (unpaired) electrons. The predicted molar refractivity (Wildman–Crippen MR) is 81.8 cm³/mol. The number of hydrogen-bond donors (Lipinski definition) is 2. The van der Waals surface area contributed by atoms with Crippen LogP contribution in [0.1, 0.15) is 11.1 Å². The van der Waals surface area contributed by atoms with E-state index in [4.69, 9.17) is 10.5 Å². The first-order valence-electron chi connectivity index (χ1n) is 6.94. The van der Waals surface area contributed by atoms with Gasteiger partial charge in [-0.15, -0.1) is 0 Å². The molecular weight excluding hydrogens is 267 g/mol. The molecule has 0 unspecified atom stereocenters. The standard InChI is InChI=1S/C17H17FN2O/c18-14-8-15-17(13(6-7-19)10-20-15)16(9-14)21-11-12-4-2-1-3-5-12/h1-5,8-10,20H,6-7,11,19H2. The molecule has 0 spiro atoms. The number of nitrogens with two attached hydrogens (primary N) is 1. The Balaban J connectivity index is 1.94. The first-order valence-corrected chi connectivity index (χ1v) is 6.94. The van der Waals surface area contributed by atoms with Crippen LogP contribution in [0.25, 0.3) is 10.9 Å². The number of rotatable bonds is 5. The molecule has 21 heavy (non-hydrogen) atoms. The van der Waals surface area contributed by atoms with Gasteiger partial charge in [-0.2, -0.15) is 0 Å². The van der Waals surface area contributed by atoms with Crippen molar-refractivity contribution in [3.05, 3.63) is 65.6 Å². The largest absolute Gasteiger partial charge is 0.488 e. The molecule has 0 bridgehead atoms. The number of benzene rings is 2. The number of nitrogens with one attached hydrogen (secondary N) is 1. The van der Waals surface area contributed by atoms with Crippen LogP contribution in [0.2, 0.25) is 0 Å². The van der Waals surface area contributed by atoms with Crippen LogP contribution in [0, 0.1) is 5.82 Å². The van der Waals surface area contributed by atoms with Crippen molar-refractivity contribution in [2.75, 3.05) is 6.54 Å². The normalized spacial score (nSPS) is 11.0. The number of H-pyrrole nitrogens is 1. The van der Waals surface area contributed by atoms with Gasteiger partial charge in [0.05, 0.1) is 5.52 Å². The van der Waals surface area contributed by atoms with Crippen molar-refractivity contribution in [3.63, 3.8) is 0 Å². The minimum Gasteiger partial charge on any atom is -0.488 e. The smallest absolute Gasteiger partial charge is 0.132 e.